The SMILES string of the molecule is Cc1nc(N)ncc1C(=O)N1CCC[C@H](c2[nH]ncc2-c2ccccc2)C1. The van der Waals surface area contributed by atoms with Crippen LogP contribution in [0.4, 0.5) is 5.95 Å². The third-order valence-electron chi connectivity index (χ3n) is 5.10. The second-order valence-electron chi connectivity index (χ2n) is 6.88. The highest BCUT2D eigenvalue weighted by atomic mass is 16.2. The molecule has 0 spiro atoms. The number of aromatic amines is 1. The van der Waals surface area contributed by atoms with E-state index in [2.05, 4.69) is 32.3 Å². The van der Waals surface area contributed by atoms with Crippen molar-refractivity contribution >= 4 is 11.9 Å². The number of nitrogen functional groups attached to an aromatic ring is 1. The number of rotatable bonds is 3. The fourth-order valence-corrected chi connectivity index (χ4v) is 3.72. The molecule has 0 saturated carbocycles. The third-order valence-corrected chi connectivity index (χ3v) is 5.10. The van der Waals surface area contributed by atoms with E-state index in [9.17, 15) is 4.79 Å². The van der Waals surface area contributed by atoms with Gasteiger partial charge in [0.25, 0.3) is 5.91 Å². The molecule has 3 heterocycles. The van der Waals surface area contributed by atoms with Gasteiger partial charge in [-0.05, 0) is 25.3 Å². The number of nitrogens with one attached hydrogen (secondary N) is 1. The standard InChI is InChI=1S/C20H22N6O/c1-13-16(10-22-20(21)24-13)19(27)26-9-5-8-15(12-26)18-17(11-23-25-18)14-6-3-2-4-7-14/h2-4,6-7,10-11,15H,5,8-9,12H2,1H3,(H,23,25)(H2,21,22,24)/t15-/m0/s1. The van der Waals surface area contributed by atoms with Gasteiger partial charge in [-0.3, -0.25) is 9.89 Å². The number of carbonyl (C=O) groups excluding carboxylic acids is 1. The first kappa shape index (κ1) is 17.2. The smallest absolute Gasteiger partial charge is 0.257 e. The maximum absolute atomic E-state index is 13.0. The van der Waals surface area contributed by atoms with Crippen molar-refractivity contribution in [2.45, 2.75) is 25.7 Å². The van der Waals surface area contributed by atoms with Crippen LogP contribution in [0.5, 0.6) is 0 Å². The van der Waals surface area contributed by atoms with Crippen molar-refractivity contribution in [3.05, 3.63) is 59.7 Å². The Bertz CT molecular complexity index is 952. The van der Waals surface area contributed by atoms with E-state index in [-0.39, 0.29) is 17.8 Å². The summed E-state index contributed by atoms with van der Waals surface area (Å²) in [5.41, 5.74) is 10.0. The van der Waals surface area contributed by atoms with Crippen LogP contribution in [-0.4, -0.2) is 44.1 Å². The van der Waals surface area contributed by atoms with E-state index in [4.69, 9.17) is 5.73 Å². The molecule has 0 bridgehead atoms. The molecule has 138 valence electrons. The van der Waals surface area contributed by atoms with Gasteiger partial charge < -0.3 is 10.6 Å². The Balaban J connectivity index is 1.57. The summed E-state index contributed by atoms with van der Waals surface area (Å²) in [6, 6.07) is 10.2. The Morgan fingerprint density at radius 3 is 2.85 bits per heavy atom. The fraction of sp³-hybridized carbons (Fsp3) is 0.300. The lowest BCUT2D eigenvalue weighted by Gasteiger charge is -2.33. The van der Waals surface area contributed by atoms with Crippen molar-refractivity contribution in [3.63, 3.8) is 0 Å². The molecule has 4 rings (SSSR count). The first-order chi connectivity index (χ1) is 13.1. The highest BCUT2D eigenvalue weighted by Gasteiger charge is 2.29. The molecule has 3 aromatic rings. The molecule has 0 radical (unpaired) electrons. The zero-order chi connectivity index (χ0) is 18.8. The largest absolute Gasteiger partial charge is 0.368 e. The number of hydrogen-bond donors (Lipinski definition) is 2. The van der Waals surface area contributed by atoms with Gasteiger partial charge in [0, 0.05) is 36.5 Å². The summed E-state index contributed by atoms with van der Waals surface area (Å²) >= 11 is 0. The quantitative estimate of drug-likeness (QED) is 0.746. The summed E-state index contributed by atoms with van der Waals surface area (Å²) in [6.45, 7) is 3.16. The molecule has 7 nitrogen and oxygen atoms in total. The first-order valence-electron chi connectivity index (χ1n) is 9.10. The number of amides is 1. The van der Waals surface area contributed by atoms with Crippen molar-refractivity contribution in [2.75, 3.05) is 18.8 Å². The number of aromatic nitrogens is 4. The number of H-pyrrole nitrogens is 1. The molecule has 1 saturated heterocycles. The van der Waals surface area contributed by atoms with E-state index >= 15 is 0 Å². The zero-order valence-corrected chi connectivity index (χ0v) is 15.2. The van der Waals surface area contributed by atoms with Gasteiger partial charge in [-0.1, -0.05) is 30.3 Å². The maximum Gasteiger partial charge on any atom is 0.257 e. The molecule has 27 heavy (non-hydrogen) atoms. The van der Waals surface area contributed by atoms with Crippen molar-refractivity contribution in [1.29, 1.82) is 0 Å². The molecule has 1 aliphatic heterocycles. The minimum atomic E-state index is -0.0435. The van der Waals surface area contributed by atoms with Gasteiger partial charge in [0.05, 0.1) is 17.5 Å². The number of hydrogen-bond acceptors (Lipinski definition) is 5. The monoisotopic (exact) mass is 362 g/mol. The molecule has 1 aliphatic rings. The van der Waals surface area contributed by atoms with Crippen molar-refractivity contribution < 1.29 is 4.79 Å². The van der Waals surface area contributed by atoms with Crippen molar-refractivity contribution in [1.82, 2.24) is 25.1 Å². The number of piperidine rings is 1. The summed E-state index contributed by atoms with van der Waals surface area (Å²) in [4.78, 5) is 23.0. The van der Waals surface area contributed by atoms with Crippen LogP contribution >= 0.6 is 0 Å². The van der Waals surface area contributed by atoms with Gasteiger partial charge >= 0.3 is 0 Å². The Kier molecular flexibility index (Phi) is 4.58. The molecular weight excluding hydrogens is 340 g/mol. The third kappa shape index (κ3) is 3.40. The number of nitrogens with two attached hydrogens (primary N) is 1. The van der Waals surface area contributed by atoms with Gasteiger partial charge in [-0.2, -0.15) is 5.10 Å². The molecule has 1 atom stereocenters. The molecule has 0 aliphatic carbocycles. The highest BCUT2D eigenvalue weighted by molar-refractivity contribution is 5.95. The Morgan fingerprint density at radius 1 is 1.26 bits per heavy atom. The number of benzene rings is 1. The minimum Gasteiger partial charge on any atom is -0.368 e. The van der Waals surface area contributed by atoms with Crippen molar-refractivity contribution in [2.24, 2.45) is 0 Å². The molecule has 3 N–H and O–H groups in total. The van der Waals surface area contributed by atoms with Gasteiger partial charge in [-0.25, -0.2) is 9.97 Å². The van der Waals surface area contributed by atoms with E-state index in [1.165, 1.54) is 6.20 Å². The number of aryl methyl sites for hydroxylation is 1. The van der Waals surface area contributed by atoms with E-state index in [1.807, 2.05) is 29.3 Å². The lowest BCUT2D eigenvalue weighted by Crippen LogP contribution is -2.39. The summed E-state index contributed by atoms with van der Waals surface area (Å²) < 4.78 is 0. The van der Waals surface area contributed by atoms with Gasteiger partial charge in [0.1, 0.15) is 0 Å². The van der Waals surface area contributed by atoms with Crippen LogP contribution in [0.3, 0.4) is 0 Å². The maximum atomic E-state index is 13.0. The van der Waals surface area contributed by atoms with E-state index in [1.54, 1.807) is 6.92 Å². The highest BCUT2D eigenvalue weighted by Crippen LogP contribution is 2.33. The van der Waals surface area contributed by atoms with E-state index in [0.29, 0.717) is 17.8 Å². The lowest BCUT2D eigenvalue weighted by molar-refractivity contribution is 0.0704. The molecule has 1 aromatic carbocycles. The van der Waals surface area contributed by atoms with Gasteiger partial charge in [0.15, 0.2) is 0 Å². The summed E-state index contributed by atoms with van der Waals surface area (Å²) in [6.07, 6.45) is 5.35. The molecular formula is C20H22N6O. The average molecular weight is 362 g/mol. The van der Waals surface area contributed by atoms with Crippen molar-refractivity contribution in [3.8, 4) is 11.1 Å². The number of nitrogens with zero attached hydrogens (tertiary/aromatic N) is 4. The number of likely N-dealkylation sites (tertiary alicyclic amines) is 1. The predicted molar refractivity (Wildman–Crippen MR) is 103 cm³/mol. The zero-order valence-electron chi connectivity index (χ0n) is 15.2. The first-order valence-corrected chi connectivity index (χ1v) is 9.10. The average Bonchev–Trinajstić information content (AvgIpc) is 3.18. The number of anilines is 1. The number of carbonyl (C=O) groups is 1. The van der Waals surface area contributed by atoms with Gasteiger partial charge in [-0.15, -0.1) is 0 Å². The Hall–Kier alpha value is -3.22. The summed E-state index contributed by atoms with van der Waals surface area (Å²) in [5, 5.41) is 7.43. The topological polar surface area (TPSA) is 101 Å². The Labute approximate surface area is 157 Å². The summed E-state index contributed by atoms with van der Waals surface area (Å²) in [7, 11) is 0. The van der Waals surface area contributed by atoms with Crippen LogP contribution in [0.1, 0.15) is 40.5 Å². The molecule has 7 heteroatoms. The second kappa shape index (κ2) is 7.19. The fourth-order valence-electron chi connectivity index (χ4n) is 3.72. The molecule has 1 fully saturated rings. The molecule has 0 unspecified atom stereocenters. The van der Waals surface area contributed by atoms with Crippen LogP contribution in [0.25, 0.3) is 11.1 Å². The van der Waals surface area contributed by atoms with E-state index < -0.39 is 0 Å². The molecule has 1 amide bonds. The minimum absolute atomic E-state index is 0.0435. The van der Waals surface area contributed by atoms with Crippen LogP contribution in [0.15, 0.2) is 42.7 Å². The molecule has 2 aromatic heterocycles. The Morgan fingerprint density at radius 2 is 2.07 bits per heavy atom. The second-order valence-corrected chi connectivity index (χ2v) is 6.88. The van der Waals surface area contributed by atoms with Crippen LogP contribution < -0.4 is 5.73 Å². The van der Waals surface area contributed by atoms with Crippen LogP contribution in [-0.2, 0) is 0 Å². The normalized spacial score (nSPS) is 17.1. The van der Waals surface area contributed by atoms with Crippen LogP contribution in [0.2, 0.25) is 0 Å². The van der Waals surface area contributed by atoms with Gasteiger partial charge in [0.2, 0.25) is 5.95 Å². The predicted octanol–water partition coefficient (Wildman–Crippen LogP) is 2.78. The van der Waals surface area contributed by atoms with E-state index in [0.717, 1.165) is 36.2 Å². The van der Waals surface area contributed by atoms with Crippen LogP contribution in [0, 0.1) is 6.92 Å². The lowest BCUT2D eigenvalue weighted by atomic mass is 9.90. The summed E-state index contributed by atoms with van der Waals surface area (Å²) in [5.74, 6) is 0.360.